The highest BCUT2D eigenvalue weighted by Crippen LogP contribution is 2.46. The number of guanidine groups is 1. The third-order valence-corrected chi connectivity index (χ3v) is 8.43. The van der Waals surface area contributed by atoms with Crippen LogP contribution in [0, 0.1) is 11.8 Å². The fraction of sp³-hybridized carbons (Fsp3) is 0.731. The Kier molecular flexibility index (Phi) is 8.93. The van der Waals surface area contributed by atoms with Gasteiger partial charge in [0.05, 0.1) is 6.10 Å². The lowest BCUT2D eigenvalue weighted by Crippen LogP contribution is -2.55. The first kappa shape index (κ1) is 25.2. The Morgan fingerprint density at radius 2 is 1.64 bits per heavy atom. The van der Waals surface area contributed by atoms with E-state index in [0.717, 1.165) is 75.9 Å². The predicted molar refractivity (Wildman–Crippen MR) is 145 cm³/mol. The molecule has 5 rings (SSSR count). The number of hydrogen-bond acceptors (Lipinski definition) is 4. The van der Waals surface area contributed by atoms with E-state index in [1.54, 1.807) is 0 Å². The van der Waals surface area contributed by atoms with Crippen molar-refractivity contribution in [3.8, 4) is 0 Å². The molecule has 0 amide bonds. The molecule has 1 aromatic carbocycles. The maximum Gasteiger partial charge on any atom is 0.194 e. The minimum Gasteiger partial charge on any atom is -0.393 e. The van der Waals surface area contributed by atoms with Gasteiger partial charge < -0.3 is 15.3 Å². The van der Waals surface area contributed by atoms with Gasteiger partial charge in [0.2, 0.25) is 0 Å². The highest BCUT2D eigenvalue weighted by atomic mass is 127. The van der Waals surface area contributed by atoms with E-state index >= 15 is 0 Å². The number of fused-ring (bicyclic) bond motifs is 2. The number of piperazine rings is 1. The summed E-state index contributed by atoms with van der Waals surface area (Å²) < 4.78 is 0. The summed E-state index contributed by atoms with van der Waals surface area (Å²) in [7, 11) is 1.91. The normalized spacial score (nSPS) is 29.3. The van der Waals surface area contributed by atoms with Gasteiger partial charge in [0.15, 0.2) is 5.96 Å². The summed E-state index contributed by atoms with van der Waals surface area (Å²) in [5.41, 5.74) is 2.65. The van der Waals surface area contributed by atoms with Gasteiger partial charge in [-0.15, -0.1) is 24.0 Å². The first-order chi connectivity index (χ1) is 15.7. The molecule has 2 aliphatic carbocycles. The first-order valence-electron chi connectivity index (χ1n) is 12.9. The standard InChI is InChI=1S/C26H41N5O.HI/c1-27-26(31-14-12-30(13-15-31)25-17-22-6-7-23(25)16-22)28-18-20-2-4-21(5-3-20)19-29-10-8-24(32)9-11-29;/h2-5,22-25,32H,6-19H2,1H3,(H,27,28);1H. The zero-order valence-corrected chi connectivity index (χ0v) is 22.5. The number of aliphatic hydroxyl groups is 1. The van der Waals surface area contributed by atoms with E-state index in [9.17, 15) is 5.11 Å². The molecule has 2 bridgehead atoms. The van der Waals surface area contributed by atoms with Crippen LogP contribution < -0.4 is 5.32 Å². The zero-order chi connectivity index (χ0) is 21.9. The summed E-state index contributed by atoms with van der Waals surface area (Å²) in [5, 5.41) is 13.3. The Morgan fingerprint density at radius 3 is 2.24 bits per heavy atom. The molecule has 2 aliphatic heterocycles. The van der Waals surface area contributed by atoms with Gasteiger partial charge in [-0.2, -0.15) is 0 Å². The number of aliphatic imine (C=N–C) groups is 1. The second-order valence-corrected chi connectivity index (χ2v) is 10.5. The molecule has 7 heteroatoms. The lowest BCUT2D eigenvalue weighted by Gasteiger charge is -2.42. The van der Waals surface area contributed by atoms with Gasteiger partial charge >= 0.3 is 0 Å². The molecule has 2 heterocycles. The summed E-state index contributed by atoms with van der Waals surface area (Å²) >= 11 is 0. The van der Waals surface area contributed by atoms with Crippen molar-refractivity contribution in [2.24, 2.45) is 16.8 Å². The first-order valence-corrected chi connectivity index (χ1v) is 12.9. The van der Waals surface area contributed by atoms with Crippen LogP contribution in [-0.2, 0) is 13.1 Å². The van der Waals surface area contributed by atoms with Crippen molar-refractivity contribution in [3.63, 3.8) is 0 Å². The molecular weight excluding hydrogens is 525 g/mol. The van der Waals surface area contributed by atoms with Crippen LogP contribution in [0.4, 0.5) is 0 Å². The quantitative estimate of drug-likeness (QED) is 0.326. The third kappa shape index (κ3) is 6.21. The summed E-state index contributed by atoms with van der Waals surface area (Å²) in [5.74, 6) is 3.04. The van der Waals surface area contributed by atoms with Gasteiger partial charge in [-0.05, 0) is 55.1 Å². The zero-order valence-electron chi connectivity index (χ0n) is 20.2. The Hall–Kier alpha value is -0.900. The minimum atomic E-state index is -0.102. The molecule has 2 N–H and O–H groups in total. The molecule has 0 aromatic heterocycles. The molecule has 0 spiro atoms. The van der Waals surface area contributed by atoms with Crippen LogP contribution >= 0.6 is 24.0 Å². The van der Waals surface area contributed by atoms with Crippen molar-refractivity contribution >= 4 is 29.9 Å². The van der Waals surface area contributed by atoms with E-state index in [2.05, 4.69) is 49.3 Å². The molecule has 33 heavy (non-hydrogen) atoms. The van der Waals surface area contributed by atoms with Crippen LogP contribution in [0.1, 0.15) is 49.7 Å². The van der Waals surface area contributed by atoms with E-state index in [1.807, 2.05) is 7.05 Å². The van der Waals surface area contributed by atoms with Gasteiger partial charge in [0.25, 0.3) is 0 Å². The molecule has 2 saturated heterocycles. The highest BCUT2D eigenvalue weighted by Gasteiger charge is 2.42. The molecule has 3 atom stereocenters. The number of rotatable bonds is 5. The molecule has 184 valence electrons. The fourth-order valence-corrected chi connectivity index (χ4v) is 6.54. The van der Waals surface area contributed by atoms with Gasteiger partial charge in [0, 0.05) is 65.4 Å². The van der Waals surface area contributed by atoms with E-state index in [-0.39, 0.29) is 30.1 Å². The van der Waals surface area contributed by atoms with Crippen LogP contribution in [-0.4, -0.2) is 84.2 Å². The maximum absolute atomic E-state index is 9.68. The van der Waals surface area contributed by atoms with E-state index < -0.39 is 0 Å². The van der Waals surface area contributed by atoms with E-state index in [0.29, 0.717) is 0 Å². The largest absolute Gasteiger partial charge is 0.393 e. The molecule has 4 aliphatic rings. The van der Waals surface area contributed by atoms with Crippen LogP contribution in [0.5, 0.6) is 0 Å². The second-order valence-electron chi connectivity index (χ2n) is 10.5. The number of piperidine rings is 1. The lowest BCUT2D eigenvalue weighted by molar-refractivity contribution is 0.0792. The van der Waals surface area contributed by atoms with E-state index in [4.69, 9.17) is 0 Å². The highest BCUT2D eigenvalue weighted by molar-refractivity contribution is 14.0. The number of likely N-dealkylation sites (tertiary alicyclic amines) is 1. The van der Waals surface area contributed by atoms with Gasteiger partial charge in [-0.25, -0.2) is 0 Å². The van der Waals surface area contributed by atoms with Crippen LogP contribution in [0.2, 0.25) is 0 Å². The van der Waals surface area contributed by atoms with Crippen LogP contribution in [0.3, 0.4) is 0 Å². The molecule has 6 nitrogen and oxygen atoms in total. The number of hydrogen-bond donors (Lipinski definition) is 2. The molecule has 2 saturated carbocycles. The smallest absolute Gasteiger partial charge is 0.194 e. The second kappa shape index (κ2) is 11.7. The van der Waals surface area contributed by atoms with Gasteiger partial charge in [0.1, 0.15) is 0 Å². The number of nitrogens with zero attached hydrogens (tertiary/aromatic N) is 4. The SMILES string of the molecule is CN=C(NCc1ccc(CN2CCC(O)CC2)cc1)N1CCN(C2CC3CCC2C3)CC1.I. The average molecular weight is 568 g/mol. The Balaban J connectivity index is 0.00000259. The number of aliphatic hydroxyl groups excluding tert-OH is 1. The van der Waals surface area contributed by atoms with Crippen molar-refractivity contribution in [1.82, 2.24) is 20.0 Å². The predicted octanol–water partition coefficient (Wildman–Crippen LogP) is 3.14. The molecular formula is C26H42IN5O. The van der Waals surface area contributed by atoms with Crippen LogP contribution in [0.15, 0.2) is 29.3 Å². The summed E-state index contributed by atoms with van der Waals surface area (Å²) in [6.07, 6.45) is 7.60. The number of halogens is 1. The fourth-order valence-electron chi connectivity index (χ4n) is 6.54. The number of nitrogens with one attached hydrogen (secondary N) is 1. The Labute approximate surface area is 216 Å². The topological polar surface area (TPSA) is 54.3 Å². The number of benzene rings is 1. The van der Waals surface area contributed by atoms with Gasteiger partial charge in [-0.1, -0.05) is 30.7 Å². The summed E-state index contributed by atoms with van der Waals surface area (Å²) in [4.78, 5) is 12.2. The van der Waals surface area contributed by atoms with Crippen molar-refractivity contribution < 1.29 is 5.11 Å². The molecule has 3 unspecified atom stereocenters. The van der Waals surface area contributed by atoms with Gasteiger partial charge in [-0.3, -0.25) is 14.8 Å². The Morgan fingerprint density at radius 1 is 0.939 bits per heavy atom. The average Bonchev–Trinajstić information content (AvgIpc) is 3.46. The third-order valence-electron chi connectivity index (χ3n) is 8.43. The molecule has 1 aromatic rings. The maximum atomic E-state index is 9.68. The minimum absolute atomic E-state index is 0. The Bertz CT molecular complexity index is 771. The van der Waals surface area contributed by atoms with Crippen LogP contribution in [0.25, 0.3) is 0 Å². The molecule has 4 fully saturated rings. The summed E-state index contributed by atoms with van der Waals surface area (Å²) in [6.45, 7) is 8.30. The van der Waals surface area contributed by atoms with Crippen molar-refractivity contribution in [3.05, 3.63) is 35.4 Å². The van der Waals surface area contributed by atoms with Crippen molar-refractivity contribution in [2.75, 3.05) is 46.3 Å². The summed E-state index contributed by atoms with van der Waals surface area (Å²) in [6, 6.07) is 9.83. The van der Waals surface area contributed by atoms with E-state index in [1.165, 1.54) is 49.9 Å². The van der Waals surface area contributed by atoms with Crippen molar-refractivity contribution in [1.29, 1.82) is 0 Å². The molecule has 0 radical (unpaired) electrons. The monoisotopic (exact) mass is 567 g/mol. The lowest BCUT2D eigenvalue weighted by atomic mass is 9.93. The van der Waals surface area contributed by atoms with Crippen molar-refractivity contribution in [2.45, 2.75) is 63.8 Å².